The largest absolute Gasteiger partial charge is 0.292 e. The van der Waals surface area contributed by atoms with Crippen molar-refractivity contribution in [2.75, 3.05) is 0 Å². The Bertz CT molecular complexity index is 1310. The molecule has 0 radical (unpaired) electrons. The predicted molar refractivity (Wildman–Crippen MR) is 119 cm³/mol. The van der Waals surface area contributed by atoms with Gasteiger partial charge in [0, 0.05) is 22.4 Å². The first kappa shape index (κ1) is 20.2. The fourth-order valence-corrected chi connectivity index (χ4v) is 4.46. The summed E-state index contributed by atoms with van der Waals surface area (Å²) in [5.74, 6) is -0.0755. The van der Waals surface area contributed by atoms with E-state index in [1.54, 1.807) is 6.92 Å². The SMILES string of the molecule is Cc1cc(C(=O)Cn2c(C(C)C)nc3scc(-c4ccccc4)c3c2=O)ccc1F. The van der Waals surface area contributed by atoms with Crippen molar-refractivity contribution in [1.82, 2.24) is 9.55 Å². The van der Waals surface area contributed by atoms with E-state index in [0.717, 1.165) is 11.1 Å². The maximum Gasteiger partial charge on any atom is 0.263 e. The molecule has 0 aliphatic carbocycles. The molecule has 0 fully saturated rings. The number of hydrogen-bond donors (Lipinski definition) is 0. The zero-order valence-corrected chi connectivity index (χ0v) is 17.8. The molecule has 0 unspecified atom stereocenters. The molecule has 2 aromatic carbocycles. The number of rotatable bonds is 5. The maximum absolute atomic E-state index is 13.6. The van der Waals surface area contributed by atoms with Crippen molar-refractivity contribution in [2.24, 2.45) is 0 Å². The van der Waals surface area contributed by atoms with E-state index in [1.165, 1.54) is 34.1 Å². The topological polar surface area (TPSA) is 52.0 Å². The second-order valence-corrected chi connectivity index (χ2v) is 8.46. The summed E-state index contributed by atoms with van der Waals surface area (Å²) >= 11 is 1.43. The number of aromatic nitrogens is 2. The number of fused-ring (bicyclic) bond motifs is 1. The molecule has 2 aromatic heterocycles. The van der Waals surface area contributed by atoms with Gasteiger partial charge in [0.25, 0.3) is 5.56 Å². The number of carbonyl (C=O) groups excluding carboxylic acids is 1. The Kier molecular flexibility index (Phi) is 5.35. The first-order valence-electron chi connectivity index (χ1n) is 9.73. The van der Waals surface area contributed by atoms with Gasteiger partial charge in [0.2, 0.25) is 0 Å². The average Bonchev–Trinajstić information content (AvgIpc) is 3.16. The van der Waals surface area contributed by atoms with Crippen LogP contribution in [0.3, 0.4) is 0 Å². The highest BCUT2D eigenvalue weighted by atomic mass is 32.1. The number of nitrogens with zero attached hydrogens (tertiary/aromatic N) is 2. The van der Waals surface area contributed by atoms with Crippen LogP contribution in [-0.4, -0.2) is 15.3 Å². The molecule has 0 aliphatic rings. The second-order valence-electron chi connectivity index (χ2n) is 7.60. The molecular weight excluding hydrogens is 399 g/mol. The lowest BCUT2D eigenvalue weighted by molar-refractivity contribution is 0.0969. The van der Waals surface area contributed by atoms with E-state index in [9.17, 15) is 14.0 Å². The van der Waals surface area contributed by atoms with Gasteiger partial charge in [0.05, 0.1) is 11.9 Å². The van der Waals surface area contributed by atoms with Crippen molar-refractivity contribution in [3.8, 4) is 11.1 Å². The predicted octanol–water partition coefficient (Wildman–Crippen LogP) is 5.58. The fraction of sp³-hybridized carbons (Fsp3) is 0.208. The van der Waals surface area contributed by atoms with Gasteiger partial charge < -0.3 is 0 Å². The monoisotopic (exact) mass is 420 g/mol. The van der Waals surface area contributed by atoms with Gasteiger partial charge in [-0.2, -0.15) is 0 Å². The van der Waals surface area contributed by atoms with Gasteiger partial charge in [-0.3, -0.25) is 14.2 Å². The first-order chi connectivity index (χ1) is 14.4. The Morgan fingerprint density at radius 2 is 1.90 bits per heavy atom. The summed E-state index contributed by atoms with van der Waals surface area (Å²) in [6, 6.07) is 13.9. The van der Waals surface area contributed by atoms with Gasteiger partial charge in [0.1, 0.15) is 16.5 Å². The number of Topliss-reactive ketones (excluding diaryl/α,β-unsaturated/α-hetero) is 1. The zero-order chi connectivity index (χ0) is 21.4. The molecule has 152 valence electrons. The fourth-order valence-electron chi connectivity index (χ4n) is 3.52. The van der Waals surface area contributed by atoms with Crippen LogP contribution in [0.2, 0.25) is 0 Å². The quantitative estimate of drug-likeness (QED) is 0.396. The van der Waals surface area contributed by atoms with Crippen LogP contribution in [0.4, 0.5) is 4.39 Å². The maximum atomic E-state index is 13.6. The van der Waals surface area contributed by atoms with E-state index in [2.05, 4.69) is 0 Å². The summed E-state index contributed by atoms with van der Waals surface area (Å²) < 4.78 is 15.1. The first-order valence-corrected chi connectivity index (χ1v) is 10.6. The lowest BCUT2D eigenvalue weighted by atomic mass is 10.1. The van der Waals surface area contributed by atoms with Crippen molar-refractivity contribution in [3.63, 3.8) is 0 Å². The molecule has 0 amide bonds. The van der Waals surface area contributed by atoms with Gasteiger partial charge in [-0.05, 0) is 36.2 Å². The van der Waals surface area contributed by atoms with Crippen molar-refractivity contribution in [2.45, 2.75) is 33.2 Å². The number of thiophene rings is 1. The minimum Gasteiger partial charge on any atom is -0.292 e. The number of carbonyl (C=O) groups is 1. The van der Waals surface area contributed by atoms with Gasteiger partial charge in [-0.1, -0.05) is 44.2 Å². The Labute approximate surface area is 177 Å². The molecule has 0 saturated heterocycles. The number of aryl methyl sites for hydroxylation is 1. The molecule has 2 heterocycles. The summed E-state index contributed by atoms with van der Waals surface area (Å²) in [6.07, 6.45) is 0. The summed E-state index contributed by atoms with van der Waals surface area (Å²) in [5, 5.41) is 2.47. The van der Waals surface area contributed by atoms with E-state index in [-0.39, 0.29) is 29.6 Å². The minimum absolute atomic E-state index is 0.0351. The number of benzene rings is 2. The van der Waals surface area contributed by atoms with Crippen LogP contribution in [0.15, 0.2) is 58.7 Å². The van der Waals surface area contributed by atoms with Gasteiger partial charge in [-0.15, -0.1) is 11.3 Å². The van der Waals surface area contributed by atoms with Crippen LogP contribution < -0.4 is 5.56 Å². The molecule has 0 atom stereocenters. The molecule has 0 aliphatic heterocycles. The van der Waals surface area contributed by atoms with E-state index in [4.69, 9.17) is 4.98 Å². The van der Waals surface area contributed by atoms with E-state index >= 15 is 0 Å². The van der Waals surface area contributed by atoms with Gasteiger partial charge in [0.15, 0.2) is 5.78 Å². The van der Waals surface area contributed by atoms with Crippen LogP contribution in [0.25, 0.3) is 21.3 Å². The molecule has 0 saturated carbocycles. The van der Waals surface area contributed by atoms with Crippen LogP contribution in [-0.2, 0) is 6.54 Å². The Morgan fingerprint density at radius 3 is 2.57 bits per heavy atom. The Morgan fingerprint density at radius 1 is 1.17 bits per heavy atom. The molecular formula is C24H21FN2O2S. The normalized spacial score (nSPS) is 11.4. The highest BCUT2D eigenvalue weighted by Gasteiger charge is 2.21. The standard InChI is InChI=1S/C24H21FN2O2S/c1-14(2)22-26-23-21(18(13-30-23)16-7-5-4-6-8-16)24(29)27(22)12-20(28)17-9-10-19(25)15(3)11-17/h4-11,13-14H,12H2,1-3H3. The van der Waals surface area contributed by atoms with E-state index in [1.807, 2.05) is 49.6 Å². The number of ketones is 1. The third kappa shape index (κ3) is 3.59. The zero-order valence-electron chi connectivity index (χ0n) is 17.0. The molecule has 0 spiro atoms. The molecule has 4 aromatic rings. The molecule has 0 bridgehead atoms. The van der Waals surface area contributed by atoms with Crippen LogP contribution >= 0.6 is 11.3 Å². The molecule has 30 heavy (non-hydrogen) atoms. The summed E-state index contributed by atoms with van der Waals surface area (Å²) in [5.41, 5.74) is 2.31. The number of halogens is 1. The lowest BCUT2D eigenvalue weighted by Gasteiger charge is -2.15. The average molecular weight is 421 g/mol. The third-order valence-corrected chi connectivity index (χ3v) is 5.98. The molecule has 0 N–H and O–H groups in total. The molecule has 4 nitrogen and oxygen atoms in total. The summed E-state index contributed by atoms with van der Waals surface area (Å²) in [6.45, 7) is 5.37. The molecule has 6 heteroatoms. The Hall–Kier alpha value is -3.12. The second kappa shape index (κ2) is 7.95. The van der Waals surface area contributed by atoms with Gasteiger partial charge >= 0.3 is 0 Å². The lowest BCUT2D eigenvalue weighted by Crippen LogP contribution is -2.29. The van der Waals surface area contributed by atoms with E-state index < -0.39 is 0 Å². The Balaban J connectivity index is 1.86. The van der Waals surface area contributed by atoms with Gasteiger partial charge in [-0.25, -0.2) is 9.37 Å². The summed E-state index contributed by atoms with van der Waals surface area (Å²) in [4.78, 5) is 31.8. The van der Waals surface area contributed by atoms with Crippen LogP contribution in [0, 0.1) is 12.7 Å². The van der Waals surface area contributed by atoms with Crippen molar-refractivity contribution >= 4 is 27.3 Å². The highest BCUT2D eigenvalue weighted by Crippen LogP contribution is 2.31. The minimum atomic E-state index is -0.361. The van der Waals surface area contributed by atoms with Crippen molar-refractivity contribution in [1.29, 1.82) is 0 Å². The van der Waals surface area contributed by atoms with Crippen LogP contribution in [0.1, 0.15) is 41.5 Å². The number of hydrogen-bond acceptors (Lipinski definition) is 4. The van der Waals surface area contributed by atoms with E-state index in [0.29, 0.717) is 27.2 Å². The summed E-state index contributed by atoms with van der Waals surface area (Å²) in [7, 11) is 0. The smallest absolute Gasteiger partial charge is 0.263 e. The molecule has 4 rings (SSSR count). The van der Waals surface area contributed by atoms with Crippen molar-refractivity contribution < 1.29 is 9.18 Å². The highest BCUT2D eigenvalue weighted by molar-refractivity contribution is 7.17. The van der Waals surface area contributed by atoms with Crippen LogP contribution in [0.5, 0.6) is 0 Å². The third-order valence-electron chi connectivity index (χ3n) is 5.11. The van der Waals surface area contributed by atoms with Crippen molar-refractivity contribution in [3.05, 3.63) is 87.0 Å².